The van der Waals surface area contributed by atoms with Gasteiger partial charge in [0.2, 0.25) is 0 Å². The molecule has 2 heteroatoms. The molecule has 0 aliphatic heterocycles. The summed E-state index contributed by atoms with van der Waals surface area (Å²) in [6, 6.07) is 10.7. The molecule has 0 amide bonds. The summed E-state index contributed by atoms with van der Waals surface area (Å²) in [6.07, 6.45) is 12.5. The number of terminal acetylenes is 1. The van der Waals surface area contributed by atoms with Gasteiger partial charge in [-0.05, 0) is 25.0 Å². The summed E-state index contributed by atoms with van der Waals surface area (Å²) >= 11 is 0. The summed E-state index contributed by atoms with van der Waals surface area (Å²) in [5.41, 5.74) is 3.21. The quantitative estimate of drug-likeness (QED) is 0.728. The molecular weight excluding hydrogens is 220 g/mol. The summed E-state index contributed by atoms with van der Waals surface area (Å²) in [4.78, 5) is 0. The van der Waals surface area contributed by atoms with Crippen molar-refractivity contribution >= 4 is 0 Å². The first-order valence-electron chi connectivity index (χ1n) is 6.49. The predicted molar refractivity (Wildman–Crippen MR) is 73.1 cm³/mol. The van der Waals surface area contributed by atoms with Crippen molar-refractivity contribution in [2.75, 3.05) is 0 Å². The van der Waals surface area contributed by atoms with Gasteiger partial charge in [0.15, 0.2) is 0 Å². The van der Waals surface area contributed by atoms with E-state index in [9.17, 15) is 0 Å². The van der Waals surface area contributed by atoms with Crippen LogP contribution in [0, 0.1) is 12.3 Å². The van der Waals surface area contributed by atoms with Gasteiger partial charge in [-0.2, -0.15) is 5.10 Å². The molecule has 0 bridgehead atoms. The van der Waals surface area contributed by atoms with E-state index >= 15 is 0 Å². The molecule has 0 atom stereocenters. The molecule has 18 heavy (non-hydrogen) atoms. The first-order valence-corrected chi connectivity index (χ1v) is 6.49. The lowest BCUT2D eigenvalue weighted by atomic mass is 10.0. The van der Waals surface area contributed by atoms with Gasteiger partial charge in [0.05, 0.1) is 11.7 Å². The molecule has 1 aromatic heterocycles. The molecule has 0 saturated heterocycles. The van der Waals surface area contributed by atoms with Crippen LogP contribution in [0.1, 0.15) is 37.3 Å². The number of rotatable bonds is 2. The van der Waals surface area contributed by atoms with E-state index in [4.69, 9.17) is 6.42 Å². The zero-order valence-electron chi connectivity index (χ0n) is 10.3. The van der Waals surface area contributed by atoms with E-state index in [1.165, 1.54) is 25.7 Å². The van der Waals surface area contributed by atoms with Gasteiger partial charge in [-0.3, -0.25) is 4.68 Å². The van der Waals surface area contributed by atoms with Crippen LogP contribution in [0.4, 0.5) is 0 Å². The number of hydrogen-bond donors (Lipinski definition) is 0. The normalized spacial score (nSPS) is 15.7. The fourth-order valence-corrected chi connectivity index (χ4v) is 2.80. The smallest absolute Gasteiger partial charge is 0.0698 e. The molecule has 0 spiro atoms. The van der Waals surface area contributed by atoms with Gasteiger partial charge in [-0.1, -0.05) is 37.0 Å². The molecule has 1 saturated carbocycles. The van der Waals surface area contributed by atoms with Gasteiger partial charge in [0, 0.05) is 17.3 Å². The van der Waals surface area contributed by atoms with Gasteiger partial charge in [0.1, 0.15) is 0 Å². The molecule has 1 aliphatic carbocycles. The monoisotopic (exact) mass is 236 g/mol. The largest absolute Gasteiger partial charge is 0.262 e. The van der Waals surface area contributed by atoms with Crippen LogP contribution in [0.15, 0.2) is 36.5 Å². The van der Waals surface area contributed by atoms with E-state index in [1.807, 2.05) is 24.4 Å². The van der Waals surface area contributed by atoms with Gasteiger partial charge >= 0.3 is 0 Å². The Morgan fingerprint density at radius 1 is 1.17 bits per heavy atom. The zero-order chi connectivity index (χ0) is 12.4. The highest BCUT2D eigenvalue weighted by Crippen LogP contribution is 2.33. The van der Waals surface area contributed by atoms with Crippen LogP contribution in [-0.4, -0.2) is 9.78 Å². The third kappa shape index (κ3) is 1.82. The molecule has 3 rings (SSSR count). The Labute approximate surface area is 108 Å². The SMILES string of the molecule is C#Cc1ccccc1-c1ccnn1C1CCCC1. The van der Waals surface area contributed by atoms with Gasteiger partial charge in [0.25, 0.3) is 0 Å². The molecular formula is C16H16N2. The van der Waals surface area contributed by atoms with E-state index in [0.717, 1.165) is 16.8 Å². The summed E-state index contributed by atoms with van der Waals surface area (Å²) in [5.74, 6) is 2.76. The van der Waals surface area contributed by atoms with E-state index in [-0.39, 0.29) is 0 Å². The number of hydrogen-bond acceptors (Lipinski definition) is 1. The lowest BCUT2D eigenvalue weighted by Gasteiger charge is -2.15. The van der Waals surface area contributed by atoms with E-state index in [0.29, 0.717) is 6.04 Å². The Balaban J connectivity index is 2.07. The van der Waals surface area contributed by atoms with Crippen molar-refractivity contribution in [2.45, 2.75) is 31.7 Å². The fourth-order valence-electron chi connectivity index (χ4n) is 2.80. The maximum absolute atomic E-state index is 5.58. The minimum absolute atomic E-state index is 0.542. The van der Waals surface area contributed by atoms with Crippen molar-refractivity contribution < 1.29 is 0 Å². The number of nitrogens with zero attached hydrogens (tertiary/aromatic N) is 2. The first-order chi connectivity index (χ1) is 8.90. The maximum atomic E-state index is 5.58. The Hall–Kier alpha value is -2.01. The molecule has 1 fully saturated rings. The zero-order valence-corrected chi connectivity index (χ0v) is 10.3. The molecule has 90 valence electrons. The van der Waals surface area contributed by atoms with Crippen molar-refractivity contribution in [3.05, 3.63) is 42.1 Å². The highest BCUT2D eigenvalue weighted by Gasteiger charge is 2.20. The van der Waals surface area contributed by atoms with Crippen LogP contribution in [-0.2, 0) is 0 Å². The predicted octanol–water partition coefficient (Wildman–Crippen LogP) is 3.65. The van der Waals surface area contributed by atoms with Crippen molar-refractivity contribution in [1.29, 1.82) is 0 Å². The summed E-state index contributed by atoms with van der Waals surface area (Å²) in [5, 5.41) is 4.50. The Morgan fingerprint density at radius 2 is 1.94 bits per heavy atom. The van der Waals surface area contributed by atoms with Gasteiger partial charge in [-0.25, -0.2) is 0 Å². The second-order valence-electron chi connectivity index (χ2n) is 4.79. The lowest BCUT2D eigenvalue weighted by Crippen LogP contribution is -2.08. The molecule has 2 aromatic rings. The van der Waals surface area contributed by atoms with Crippen LogP contribution < -0.4 is 0 Å². The molecule has 0 unspecified atom stereocenters. The van der Waals surface area contributed by atoms with Crippen LogP contribution in [0.3, 0.4) is 0 Å². The summed E-state index contributed by atoms with van der Waals surface area (Å²) in [6.45, 7) is 0. The van der Waals surface area contributed by atoms with Crippen LogP contribution in [0.5, 0.6) is 0 Å². The summed E-state index contributed by atoms with van der Waals surface area (Å²) < 4.78 is 2.16. The lowest BCUT2D eigenvalue weighted by molar-refractivity contribution is 0.472. The maximum Gasteiger partial charge on any atom is 0.0698 e. The van der Waals surface area contributed by atoms with Crippen molar-refractivity contribution in [3.8, 4) is 23.6 Å². The Kier molecular flexibility index (Phi) is 2.90. The average Bonchev–Trinajstić information content (AvgIpc) is 3.09. The molecule has 0 radical (unpaired) electrons. The molecule has 0 N–H and O–H groups in total. The Morgan fingerprint density at radius 3 is 2.72 bits per heavy atom. The average molecular weight is 236 g/mol. The highest BCUT2D eigenvalue weighted by atomic mass is 15.3. The Bertz CT molecular complexity index is 583. The highest BCUT2D eigenvalue weighted by molar-refractivity contribution is 5.68. The van der Waals surface area contributed by atoms with Gasteiger partial charge < -0.3 is 0 Å². The van der Waals surface area contributed by atoms with E-state index in [2.05, 4.69) is 27.8 Å². The van der Waals surface area contributed by atoms with Crippen molar-refractivity contribution in [3.63, 3.8) is 0 Å². The number of aromatic nitrogens is 2. The molecule has 2 nitrogen and oxygen atoms in total. The van der Waals surface area contributed by atoms with E-state index < -0.39 is 0 Å². The third-order valence-electron chi connectivity index (χ3n) is 3.70. The minimum Gasteiger partial charge on any atom is -0.262 e. The van der Waals surface area contributed by atoms with Gasteiger partial charge in [-0.15, -0.1) is 6.42 Å². The number of benzene rings is 1. The summed E-state index contributed by atoms with van der Waals surface area (Å²) in [7, 11) is 0. The van der Waals surface area contributed by atoms with Crippen molar-refractivity contribution in [1.82, 2.24) is 9.78 Å². The van der Waals surface area contributed by atoms with Crippen molar-refractivity contribution in [2.24, 2.45) is 0 Å². The molecule has 1 aliphatic rings. The molecule has 1 heterocycles. The van der Waals surface area contributed by atoms with Crippen LogP contribution in [0.2, 0.25) is 0 Å². The molecule has 1 aromatic carbocycles. The third-order valence-corrected chi connectivity index (χ3v) is 3.70. The van der Waals surface area contributed by atoms with Crippen LogP contribution in [0.25, 0.3) is 11.3 Å². The minimum atomic E-state index is 0.542. The second-order valence-corrected chi connectivity index (χ2v) is 4.79. The van der Waals surface area contributed by atoms with Crippen LogP contribution >= 0.6 is 0 Å². The standard InChI is InChI=1S/C16H16N2/c1-2-13-7-3-6-10-15(13)16-11-12-17-18(16)14-8-4-5-9-14/h1,3,6-7,10-12,14H,4-5,8-9H2. The first kappa shape index (κ1) is 11.1. The topological polar surface area (TPSA) is 17.8 Å². The second kappa shape index (κ2) is 4.70. The van der Waals surface area contributed by atoms with E-state index in [1.54, 1.807) is 0 Å². The fraction of sp³-hybridized carbons (Fsp3) is 0.312.